The molecular weight excluding hydrogens is 220 g/mol. The molecular formula is C17H20O. The van der Waals surface area contributed by atoms with E-state index in [1.54, 1.807) is 0 Å². The molecule has 0 amide bonds. The minimum Gasteiger partial charge on any atom is -0.392 e. The van der Waals surface area contributed by atoms with Gasteiger partial charge in [-0.1, -0.05) is 54.1 Å². The number of aryl methyl sites for hydroxylation is 2. The van der Waals surface area contributed by atoms with Crippen LogP contribution in [-0.4, -0.2) is 11.2 Å². The van der Waals surface area contributed by atoms with Crippen LogP contribution in [0.1, 0.15) is 22.3 Å². The van der Waals surface area contributed by atoms with E-state index >= 15 is 0 Å². The van der Waals surface area contributed by atoms with Crippen LogP contribution >= 0.6 is 0 Å². The van der Waals surface area contributed by atoms with Gasteiger partial charge in [0.05, 0.1) is 6.10 Å². The van der Waals surface area contributed by atoms with Crippen LogP contribution in [0.5, 0.6) is 0 Å². The molecule has 0 radical (unpaired) electrons. The van der Waals surface area contributed by atoms with Crippen LogP contribution in [0, 0.1) is 13.8 Å². The minimum atomic E-state index is -0.311. The molecule has 0 aliphatic carbocycles. The van der Waals surface area contributed by atoms with Gasteiger partial charge < -0.3 is 5.11 Å². The summed E-state index contributed by atoms with van der Waals surface area (Å²) in [5.74, 6) is 0. The van der Waals surface area contributed by atoms with E-state index in [2.05, 4.69) is 50.2 Å². The highest BCUT2D eigenvalue weighted by atomic mass is 16.3. The summed E-state index contributed by atoms with van der Waals surface area (Å²) in [4.78, 5) is 0. The van der Waals surface area contributed by atoms with Gasteiger partial charge in [-0.05, 0) is 43.4 Å². The number of aliphatic hydroxyl groups is 1. The second-order valence-corrected chi connectivity index (χ2v) is 4.97. The molecule has 2 aromatic rings. The standard InChI is InChI=1S/C17H20O/c1-13-7-9-15(10-8-13)11-17(18)12-16-6-4-3-5-14(16)2/h3-10,17-18H,11-12H2,1-2H3. The fourth-order valence-electron chi connectivity index (χ4n) is 2.16. The normalized spacial score (nSPS) is 12.4. The predicted molar refractivity (Wildman–Crippen MR) is 75.8 cm³/mol. The zero-order valence-electron chi connectivity index (χ0n) is 11.1. The van der Waals surface area contributed by atoms with Gasteiger partial charge in [0.1, 0.15) is 0 Å². The first-order valence-corrected chi connectivity index (χ1v) is 6.43. The zero-order valence-corrected chi connectivity index (χ0v) is 11.1. The molecule has 1 heteroatoms. The van der Waals surface area contributed by atoms with Crippen molar-refractivity contribution in [2.75, 3.05) is 0 Å². The zero-order chi connectivity index (χ0) is 13.0. The Bertz CT molecular complexity index is 499. The average molecular weight is 240 g/mol. The van der Waals surface area contributed by atoms with Crippen molar-refractivity contribution in [3.63, 3.8) is 0 Å². The molecule has 0 bridgehead atoms. The Hall–Kier alpha value is -1.60. The van der Waals surface area contributed by atoms with Crippen LogP contribution in [0.4, 0.5) is 0 Å². The third-order valence-corrected chi connectivity index (χ3v) is 3.31. The Morgan fingerprint density at radius 2 is 1.56 bits per heavy atom. The Morgan fingerprint density at radius 1 is 0.889 bits per heavy atom. The maximum atomic E-state index is 10.1. The SMILES string of the molecule is Cc1ccc(CC(O)Cc2ccccc2C)cc1. The largest absolute Gasteiger partial charge is 0.392 e. The monoisotopic (exact) mass is 240 g/mol. The molecule has 1 nitrogen and oxygen atoms in total. The molecule has 1 atom stereocenters. The lowest BCUT2D eigenvalue weighted by atomic mass is 9.98. The predicted octanol–water partition coefficient (Wildman–Crippen LogP) is 3.45. The van der Waals surface area contributed by atoms with Crippen LogP contribution in [0.15, 0.2) is 48.5 Å². The maximum absolute atomic E-state index is 10.1. The smallest absolute Gasteiger partial charge is 0.0620 e. The van der Waals surface area contributed by atoms with E-state index in [1.165, 1.54) is 22.3 Å². The average Bonchev–Trinajstić information content (AvgIpc) is 2.35. The molecule has 1 unspecified atom stereocenters. The quantitative estimate of drug-likeness (QED) is 0.868. The number of aliphatic hydroxyl groups excluding tert-OH is 1. The van der Waals surface area contributed by atoms with Gasteiger partial charge >= 0.3 is 0 Å². The number of benzene rings is 2. The van der Waals surface area contributed by atoms with Crippen molar-refractivity contribution >= 4 is 0 Å². The first-order chi connectivity index (χ1) is 8.65. The van der Waals surface area contributed by atoms with Gasteiger partial charge in [0.15, 0.2) is 0 Å². The summed E-state index contributed by atoms with van der Waals surface area (Å²) >= 11 is 0. The second kappa shape index (κ2) is 5.83. The van der Waals surface area contributed by atoms with Gasteiger partial charge in [-0.2, -0.15) is 0 Å². The molecule has 0 aliphatic heterocycles. The third-order valence-electron chi connectivity index (χ3n) is 3.31. The molecule has 0 heterocycles. The van der Waals surface area contributed by atoms with Gasteiger partial charge in [0.2, 0.25) is 0 Å². The van der Waals surface area contributed by atoms with E-state index in [9.17, 15) is 5.11 Å². The van der Waals surface area contributed by atoms with E-state index in [0.717, 1.165) is 6.42 Å². The van der Waals surface area contributed by atoms with E-state index in [4.69, 9.17) is 0 Å². The van der Waals surface area contributed by atoms with Crippen LogP contribution < -0.4 is 0 Å². The summed E-state index contributed by atoms with van der Waals surface area (Å²) in [6.07, 6.45) is 1.13. The van der Waals surface area contributed by atoms with Gasteiger partial charge in [-0.15, -0.1) is 0 Å². The maximum Gasteiger partial charge on any atom is 0.0620 e. The molecule has 2 rings (SSSR count). The number of hydrogen-bond donors (Lipinski definition) is 1. The molecule has 2 aromatic carbocycles. The summed E-state index contributed by atoms with van der Waals surface area (Å²) in [6.45, 7) is 4.17. The molecule has 0 saturated heterocycles. The first kappa shape index (κ1) is 12.8. The Labute approximate surface area is 109 Å². The van der Waals surface area contributed by atoms with Crippen LogP contribution in [0.2, 0.25) is 0 Å². The van der Waals surface area contributed by atoms with Crippen molar-refractivity contribution in [3.8, 4) is 0 Å². The summed E-state index contributed by atoms with van der Waals surface area (Å²) in [5.41, 5.74) is 4.94. The second-order valence-electron chi connectivity index (χ2n) is 4.97. The molecule has 0 aliphatic rings. The molecule has 0 saturated carbocycles. The first-order valence-electron chi connectivity index (χ1n) is 6.43. The van der Waals surface area contributed by atoms with Crippen LogP contribution in [-0.2, 0) is 12.8 Å². The van der Waals surface area contributed by atoms with Crippen molar-refractivity contribution in [1.82, 2.24) is 0 Å². The Kier molecular flexibility index (Phi) is 4.16. The number of rotatable bonds is 4. The van der Waals surface area contributed by atoms with Crippen LogP contribution in [0.3, 0.4) is 0 Å². The highest BCUT2D eigenvalue weighted by molar-refractivity contribution is 5.27. The van der Waals surface area contributed by atoms with E-state index < -0.39 is 0 Å². The molecule has 18 heavy (non-hydrogen) atoms. The highest BCUT2D eigenvalue weighted by Gasteiger charge is 2.08. The third kappa shape index (κ3) is 3.44. The molecule has 0 spiro atoms. The lowest BCUT2D eigenvalue weighted by Gasteiger charge is -2.12. The lowest BCUT2D eigenvalue weighted by Crippen LogP contribution is -2.14. The van der Waals surface area contributed by atoms with Gasteiger partial charge in [0.25, 0.3) is 0 Å². The highest BCUT2D eigenvalue weighted by Crippen LogP contribution is 2.13. The summed E-state index contributed by atoms with van der Waals surface area (Å²) in [5, 5.41) is 10.1. The van der Waals surface area contributed by atoms with E-state index in [-0.39, 0.29) is 6.10 Å². The minimum absolute atomic E-state index is 0.311. The van der Waals surface area contributed by atoms with Crippen molar-refractivity contribution in [2.24, 2.45) is 0 Å². The van der Waals surface area contributed by atoms with Gasteiger partial charge in [-0.3, -0.25) is 0 Å². The Morgan fingerprint density at radius 3 is 2.22 bits per heavy atom. The fraction of sp³-hybridized carbons (Fsp3) is 0.294. The molecule has 0 aromatic heterocycles. The summed E-state index contributed by atoms with van der Waals surface area (Å²) < 4.78 is 0. The molecule has 0 fully saturated rings. The lowest BCUT2D eigenvalue weighted by molar-refractivity contribution is 0.175. The van der Waals surface area contributed by atoms with Gasteiger partial charge in [-0.25, -0.2) is 0 Å². The molecule has 1 N–H and O–H groups in total. The van der Waals surface area contributed by atoms with Gasteiger partial charge in [0, 0.05) is 0 Å². The molecule has 94 valence electrons. The van der Waals surface area contributed by atoms with Crippen LogP contribution in [0.25, 0.3) is 0 Å². The van der Waals surface area contributed by atoms with E-state index in [0.29, 0.717) is 6.42 Å². The fourth-order valence-corrected chi connectivity index (χ4v) is 2.16. The summed E-state index contributed by atoms with van der Waals surface area (Å²) in [6, 6.07) is 16.6. The summed E-state index contributed by atoms with van der Waals surface area (Å²) in [7, 11) is 0. The van der Waals surface area contributed by atoms with Crippen molar-refractivity contribution in [1.29, 1.82) is 0 Å². The van der Waals surface area contributed by atoms with E-state index in [1.807, 2.05) is 12.1 Å². The van der Waals surface area contributed by atoms with Crippen molar-refractivity contribution < 1.29 is 5.11 Å². The topological polar surface area (TPSA) is 20.2 Å². The number of hydrogen-bond acceptors (Lipinski definition) is 1. The van der Waals surface area contributed by atoms with Crippen molar-refractivity contribution in [3.05, 3.63) is 70.8 Å². The van der Waals surface area contributed by atoms with Crippen molar-refractivity contribution in [2.45, 2.75) is 32.8 Å². The Balaban J connectivity index is 1.99.